The van der Waals surface area contributed by atoms with Crippen molar-refractivity contribution in [1.82, 2.24) is 19.3 Å². The number of nitrogens with zero attached hydrogens (tertiary/aromatic N) is 4. The van der Waals surface area contributed by atoms with Crippen LogP contribution in [0.3, 0.4) is 0 Å². The first-order chi connectivity index (χ1) is 19.1. The molecule has 0 N–H and O–H groups in total. The first kappa shape index (κ1) is 27.7. The molecule has 0 aliphatic carbocycles. The Morgan fingerprint density at radius 2 is 2.10 bits per heavy atom. The maximum Gasteiger partial charge on any atom is 0.310 e. The molecule has 1 aliphatic rings. The fourth-order valence-corrected chi connectivity index (χ4v) is 5.76. The molecule has 11 heteroatoms. The monoisotopic (exact) mass is 568 g/mol. The van der Waals surface area contributed by atoms with Gasteiger partial charge in [0.05, 0.1) is 35.3 Å². The molecule has 0 radical (unpaired) electrons. The van der Waals surface area contributed by atoms with Crippen molar-refractivity contribution in [3.63, 3.8) is 0 Å². The number of ether oxygens (including phenoxy) is 4. The number of thiazole rings is 1. The Morgan fingerprint density at radius 1 is 1.18 bits per heavy atom. The predicted octanol–water partition coefficient (Wildman–Crippen LogP) is 3.87. The molecule has 9 nitrogen and oxygen atoms in total. The second kappa shape index (κ2) is 13.5. The van der Waals surface area contributed by atoms with Crippen molar-refractivity contribution in [3.05, 3.63) is 69.7 Å². The molecule has 1 aliphatic heterocycles. The highest BCUT2D eigenvalue weighted by Gasteiger charge is 2.16. The quantitative estimate of drug-likeness (QED) is 0.179. The minimum Gasteiger partial charge on any atom is -0.492 e. The SMILES string of the molecule is CC(c1ccc2c(c1)sc(=O)n2COCC[SiH3])c1ccn(-c2ccc(OCCCOC3CCCCO3)cn2)n1. The summed E-state index contributed by atoms with van der Waals surface area (Å²) < 4.78 is 27.2. The zero-order valence-corrected chi connectivity index (χ0v) is 25.4. The molecule has 4 heterocycles. The van der Waals surface area contributed by atoms with E-state index in [1.54, 1.807) is 15.4 Å². The smallest absolute Gasteiger partial charge is 0.310 e. The van der Waals surface area contributed by atoms with E-state index in [2.05, 4.69) is 24.0 Å². The average molecular weight is 569 g/mol. The number of hydrogen-bond acceptors (Lipinski definition) is 8. The molecule has 0 bridgehead atoms. The molecule has 3 aromatic heterocycles. The van der Waals surface area contributed by atoms with Crippen LogP contribution >= 0.6 is 11.3 Å². The third-order valence-corrected chi connectivity index (χ3v) is 8.12. The molecule has 0 amide bonds. The third-order valence-electron chi connectivity index (χ3n) is 6.77. The molecule has 1 fully saturated rings. The van der Waals surface area contributed by atoms with Crippen LogP contribution in [0.4, 0.5) is 0 Å². The number of pyridine rings is 1. The fourth-order valence-electron chi connectivity index (χ4n) is 4.54. The van der Waals surface area contributed by atoms with E-state index in [0.717, 1.165) is 75.2 Å². The molecule has 1 saturated heterocycles. The Labute approximate surface area is 235 Å². The molecule has 4 aromatic rings. The van der Waals surface area contributed by atoms with Crippen molar-refractivity contribution >= 4 is 31.8 Å². The molecule has 2 atom stereocenters. The summed E-state index contributed by atoms with van der Waals surface area (Å²) in [6, 6.07) is 13.0. The summed E-state index contributed by atoms with van der Waals surface area (Å²) in [5.74, 6) is 1.50. The lowest BCUT2D eigenvalue weighted by atomic mass is 9.98. The van der Waals surface area contributed by atoms with Gasteiger partial charge in [0.2, 0.25) is 0 Å². The number of fused-ring (bicyclic) bond motifs is 1. The molecule has 0 saturated carbocycles. The van der Waals surface area contributed by atoms with Gasteiger partial charge in [-0.25, -0.2) is 9.67 Å². The van der Waals surface area contributed by atoms with Crippen LogP contribution in [0.2, 0.25) is 6.04 Å². The fraction of sp³-hybridized carbons (Fsp3) is 0.464. The maximum atomic E-state index is 12.5. The van der Waals surface area contributed by atoms with Gasteiger partial charge in [-0.2, -0.15) is 5.10 Å². The molecule has 5 rings (SSSR count). The van der Waals surface area contributed by atoms with Crippen molar-refractivity contribution in [2.45, 2.75) is 57.6 Å². The Bertz CT molecular complexity index is 1400. The number of aromatic nitrogens is 4. The van der Waals surface area contributed by atoms with Crippen LogP contribution in [0, 0.1) is 0 Å². The predicted molar refractivity (Wildman–Crippen MR) is 155 cm³/mol. The molecule has 2 unspecified atom stereocenters. The van der Waals surface area contributed by atoms with Gasteiger partial charge in [-0.05, 0) is 61.2 Å². The van der Waals surface area contributed by atoms with Crippen LogP contribution in [0.15, 0.2) is 53.6 Å². The summed E-state index contributed by atoms with van der Waals surface area (Å²) in [5, 5.41) is 4.77. The second-order valence-corrected chi connectivity index (χ2v) is 11.7. The first-order valence-electron chi connectivity index (χ1n) is 13.7. The van der Waals surface area contributed by atoms with Gasteiger partial charge >= 0.3 is 4.87 Å². The van der Waals surface area contributed by atoms with E-state index in [1.807, 2.05) is 30.5 Å². The zero-order valence-electron chi connectivity index (χ0n) is 22.6. The summed E-state index contributed by atoms with van der Waals surface area (Å²) >= 11 is 1.26. The van der Waals surface area contributed by atoms with Gasteiger partial charge in [0.1, 0.15) is 12.5 Å². The summed E-state index contributed by atoms with van der Waals surface area (Å²) in [6.07, 6.45) is 7.64. The Hall–Kier alpha value is -2.83. The van der Waals surface area contributed by atoms with Gasteiger partial charge in [-0.1, -0.05) is 24.3 Å². The van der Waals surface area contributed by atoms with E-state index in [9.17, 15) is 4.79 Å². The standard InChI is InChI=1S/C28H36N4O5SSi/c1-20(21-6-8-24-25(17-21)38-28(33)31(24)19-34-15-16-39)23-10-11-32(30-23)26-9-7-22(18-29-26)35-13-4-14-37-27-5-2-3-12-36-27/h6-11,17-18,20,27H,2-5,12-16,19H2,1,39H3. The van der Waals surface area contributed by atoms with E-state index in [0.29, 0.717) is 26.6 Å². The lowest BCUT2D eigenvalue weighted by Gasteiger charge is -2.22. The van der Waals surface area contributed by atoms with E-state index < -0.39 is 0 Å². The van der Waals surface area contributed by atoms with Crippen LogP contribution in [0.25, 0.3) is 16.0 Å². The lowest BCUT2D eigenvalue weighted by Crippen LogP contribution is -2.23. The normalized spacial score (nSPS) is 16.6. The minimum atomic E-state index is -0.0611. The van der Waals surface area contributed by atoms with Crippen LogP contribution in [0.1, 0.15) is 49.8 Å². The zero-order chi connectivity index (χ0) is 27.0. The summed E-state index contributed by atoms with van der Waals surface area (Å²) in [7, 11) is 1.10. The maximum absolute atomic E-state index is 12.5. The van der Waals surface area contributed by atoms with Gasteiger partial charge in [-0.15, -0.1) is 0 Å². The van der Waals surface area contributed by atoms with Gasteiger partial charge in [0.15, 0.2) is 12.1 Å². The number of rotatable bonds is 13. The highest BCUT2D eigenvalue weighted by Crippen LogP contribution is 2.28. The first-order valence-corrected chi connectivity index (χ1v) is 15.9. The molecule has 39 heavy (non-hydrogen) atoms. The van der Waals surface area contributed by atoms with Crippen molar-refractivity contribution < 1.29 is 18.9 Å². The second-order valence-electron chi connectivity index (χ2n) is 9.69. The Morgan fingerprint density at radius 3 is 2.90 bits per heavy atom. The van der Waals surface area contributed by atoms with Crippen LogP contribution in [-0.4, -0.2) is 62.3 Å². The average Bonchev–Trinajstić information content (AvgIpc) is 3.58. The van der Waals surface area contributed by atoms with Crippen molar-refractivity contribution in [1.29, 1.82) is 0 Å². The molecule has 0 spiro atoms. The highest BCUT2D eigenvalue weighted by atomic mass is 32.1. The summed E-state index contributed by atoms with van der Waals surface area (Å²) in [5.41, 5.74) is 2.95. The van der Waals surface area contributed by atoms with Gasteiger partial charge < -0.3 is 18.9 Å². The molecule has 1 aromatic carbocycles. The van der Waals surface area contributed by atoms with Crippen molar-refractivity contribution in [2.75, 3.05) is 26.4 Å². The van der Waals surface area contributed by atoms with E-state index in [1.165, 1.54) is 17.8 Å². The van der Waals surface area contributed by atoms with Crippen molar-refractivity contribution in [2.24, 2.45) is 0 Å². The largest absolute Gasteiger partial charge is 0.492 e. The summed E-state index contributed by atoms with van der Waals surface area (Å²) in [6.45, 7) is 5.10. The van der Waals surface area contributed by atoms with Crippen LogP contribution < -0.4 is 9.61 Å². The third kappa shape index (κ3) is 7.03. The minimum absolute atomic E-state index is 0.00769. The van der Waals surface area contributed by atoms with Crippen molar-refractivity contribution in [3.8, 4) is 11.6 Å². The summed E-state index contributed by atoms with van der Waals surface area (Å²) in [4.78, 5) is 17.0. The van der Waals surface area contributed by atoms with Crippen LogP contribution in [0.5, 0.6) is 5.75 Å². The van der Waals surface area contributed by atoms with E-state index in [4.69, 9.17) is 24.0 Å². The molecular weight excluding hydrogens is 532 g/mol. The van der Waals surface area contributed by atoms with E-state index >= 15 is 0 Å². The molecule has 208 valence electrons. The van der Waals surface area contributed by atoms with Gasteiger partial charge in [0, 0.05) is 42.0 Å². The van der Waals surface area contributed by atoms with Gasteiger partial charge in [-0.3, -0.25) is 9.36 Å². The topological polar surface area (TPSA) is 89.6 Å². The van der Waals surface area contributed by atoms with Crippen LogP contribution in [-0.2, 0) is 20.9 Å². The molecular formula is C28H36N4O5SSi. The number of benzene rings is 1. The lowest BCUT2D eigenvalue weighted by molar-refractivity contribution is -0.163. The Kier molecular flexibility index (Phi) is 9.59. The highest BCUT2D eigenvalue weighted by molar-refractivity contribution is 7.16. The van der Waals surface area contributed by atoms with Gasteiger partial charge in [0.25, 0.3) is 0 Å². The van der Waals surface area contributed by atoms with E-state index in [-0.39, 0.29) is 17.1 Å². The number of hydrogen-bond donors (Lipinski definition) is 0. The Balaban J connectivity index is 1.16.